The smallest absolute Gasteiger partial charge is 0.0682 e. The molecule has 4 heteroatoms. The van der Waals surface area contributed by atoms with Crippen molar-refractivity contribution in [2.24, 2.45) is 5.41 Å². The Balaban J connectivity index is 2.62. The lowest BCUT2D eigenvalue weighted by Crippen LogP contribution is -2.49. The summed E-state index contributed by atoms with van der Waals surface area (Å²) in [7, 11) is 4.21. The molecule has 19 heavy (non-hydrogen) atoms. The van der Waals surface area contributed by atoms with E-state index in [1.54, 1.807) is 0 Å². The summed E-state index contributed by atoms with van der Waals surface area (Å²) in [4.78, 5) is 4.69. The molecular weight excluding hydrogens is 238 g/mol. The van der Waals surface area contributed by atoms with Crippen molar-refractivity contribution in [3.05, 3.63) is 0 Å². The van der Waals surface area contributed by atoms with E-state index >= 15 is 0 Å². The highest BCUT2D eigenvalue weighted by Crippen LogP contribution is 2.27. The van der Waals surface area contributed by atoms with Crippen molar-refractivity contribution in [1.82, 2.24) is 15.1 Å². The summed E-state index contributed by atoms with van der Waals surface area (Å²) in [6.45, 7) is 12.9. The van der Waals surface area contributed by atoms with Gasteiger partial charge in [0.25, 0.3) is 0 Å². The van der Waals surface area contributed by atoms with Gasteiger partial charge in [-0.1, -0.05) is 20.8 Å². The summed E-state index contributed by atoms with van der Waals surface area (Å²) in [6, 6.07) is 0.966. The molecule has 1 aliphatic rings. The molecule has 0 radical (unpaired) electrons. The molecule has 0 saturated carbocycles. The van der Waals surface area contributed by atoms with Crippen LogP contribution in [0.1, 0.15) is 34.1 Å². The predicted molar refractivity (Wildman–Crippen MR) is 81.5 cm³/mol. The second kappa shape index (κ2) is 7.02. The Morgan fingerprint density at radius 2 is 2.05 bits per heavy atom. The number of rotatable bonds is 7. The Morgan fingerprint density at radius 1 is 1.42 bits per heavy atom. The third-order valence-corrected chi connectivity index (χ3v) is 4.37. The summed E-state index contributed by atoms with van der Waals surface area (Å²) >= 11 is 0. The van der Waals surface area contributed by atoms with Crippen LogP contribution in [-0.2, 0) is 0 Å². The molecule has 0 aromatic heterocycles. The van der Waals surface area contributed by atoms with Gasteiger partial charge in [0.2, 0.25) is 0 Å². The van der Waals surface area contributed by atoms with Crippen LogP contribution in [0.2, 0.25) is 0 Å². The number of aliphatic hydroxyl groups excluding tert-OH is 1. The molecular formula is C15H33N3O. The van der Waals surface area contributed by atoms with Gasteiger partial charge in [-0.05, 0) is 39.4 Å². The average molecular weight is 271 g/mol. The number of hydrogen-bond acceptors (Lipinski definition) is 4. The summed E-state index contributed by atoms with van der Waals surface area (Å²) in [5.74, 6) is 0. The number of hydrogen-bond donors (Lipinski definition) is 2. The van der Waals surface area contributed by atoms with Gasteiger partial charge in [0.15, 0.2) is 0 Å². The summed E-state index contributed by atoms with van der Waals surface area (Å²) in [6.07, 6.45) is 0.749. The minimum absolute atomic E-state index is 0.157. The summed E-state index contributed by atoms with van der Waals surface area (Å²) in [5, 5.41) is 13.5. The number of nitrogens with zero attached hydrogens (tertiary/aromatic N) is 2. The minimum atomic E-state index is -0.157. The molecule has 0 amide bonds. The number of likely N-dealkylation sites (tertiary alicyclic amines) is 1. The standard InChI is InChI=1S/C15H33N3O/c1-7-16-12(2)15(3,4)11-18-10-14(19)8-13(18)9-17(5)6/h12-14,16,19H,7-11H2,1-6H3. The van der Waals surface area contributed by atoms with Crippen LogP contribution >= 0.6 is 0 Å². The van der Waals surface area contributed by atoms with E-state index in [2.05, 4.69) is 56.9 Å². The van der Waals surface area contributed by atoms with E-state index in [9.17, 15) is 5.11 Å². The van der Waals surface area contributed by atoms with Gasteiger partial charge in [0.1, 0.15) is 0 Å². The van der Waals surface area contributed by atoms with Crippen LogP contribution in [0.4, 0.5) is 0 Å². The van der Waals surface area contributed by atoms with Crippen molar-refractivity contribution in [3.8, 4) is 0 Å². The first-order valence-corrected chi connectivity index (χ1v) is 7.56. The van der Waals surface area contributed by atoms with E-state index in [1.807, 2.05) is 0 Å². The van der Waals surface area contributed by atoms with Gasteiger partial charge in [0.05, 0.1) is 6.10 Å². The summed E-state index contributed by atoms with van der Waals surface area (Å²) < 4.78 is 0. The van der Waals surface area contributed by atoms with Gasteiger partial charge in [-0.25, -0.2) is 0 Å². The summed E-state index contributed by atoms with van der Waals surface area (Å²) in [5.41, 5.74) is 0.213. The molecule has 1 fully saturated rings. The number of nitrogens with one attached hydrogen (secondary N) is 1. The first-order valence-electron chi connectivity index (χ1n) is 7.56. The van der Waals surface area contributed by atoms with Gasteiger partial charge < -0.3 is 15.3 Å². The van der Waals surface area contributed by atoms with Gasteiger partial charge in [-0.15, -0.1) is 0 Å². The molecule has 0 spiro atoms. The van der Waals surface area contributed by atoms with E-state index in [0.29, 0.717) is 12.1 Å². The SMILES string of the molecule is CCNC(C)C(C)(C)CN1CC(O)CC1CN(C)C. The highest BCUT2D eigenvalue weighted by atomic mass is 16.3. The molecule has 1 heterocycles. The van der Waals surface area contributed by atoms with Crippen LogP contribution in [0.25, 0.3) is 0 Å². The Kier molecular flexibility index (Phi) is 6.24. The first-order chi connectivity index (χ1) is 8.76. The van der Waals surface area contributed by atoms with Crippen LogP contribution in [0, 0.1) is 5.41 Å². The molecule has 3 unspecified atom stereocenters. The zero-order valence-electron chi connectivity index (χ0n) is 13.6. The third kappa shape index (κ3) is 5.03. The largest absolute Gasteiger partial charge is 0.392 e. The fraction of sp³-hybridized carbons (Fsp3) is 1.00. The maximum atomic E-state index is 9.95. The monoisotopic (exact) mass is 271 g/mol. The molecule has 4 nitrogen and oxygen atoms in total. The number of likely N-dealkylation sites (N-methyl/N-ethyl adjacent to an activating group) is 1. The van der Waals surface area contributed by atoms with Crippen LogP contribution in [-0.4, -0.2) is 73.4 Å². The number of β-amino-alcohol motifs (C(OH)–C–C–N with tert-alkyl or cyclic N) is 1. The molecule has 0 bridgehead atoms. The van der Waals surface area contributed by atoms with Crippen molar-refractivity contribution in [1.29, 1.82) is 0 Å². The zero-order valence-corrected chi connectivity index (χ0v) is 13.6. The lowest BCUT2D eigenvalue weighted by Gasteiger charge is -2.38. The van der Waals surface area contributed by atoms with Crippen LogP contribution < -0.4 is 5.32 Å². The van der Waals surface area contributed by atoms with E-state index < -0.39 is 0 Å². The van der Waals surface area contributed by atoms with Crippen molar-refractivity contribution >= 4 is 0 Å². The fourth-order valence-corrected chi connectivity index (χ4v) is 3.01. The second-order valence-electron chi connectivity index (χ2n) is 7.00. The topological polar surface area (TPSA) is 38.7 Å². The molecule has 1 aliphatic heterocycles. The van der Waals surface area contributed by atoms with Crippen molar-refractivity contribution in [3.63, 3.8) is 0 Å². The Morgan fingerprint density at radius 3 is 2.58 bits per heavy atom. The van der Waals surface area contributed by atoms with Crippen molar-refractivity contribution in [2.75, 3.05) is 40.3 Å². The Bertz CT molecular complexity index is 268. The van der Waals surface area contributed by atoms with Crippen LogP contribution in [0.15, 0.2) is 0 Å². The molecule has 114 valence electrons. The van der Waals surface area contributed by atoms with Gasteiger partial charge in [-0.2, -0.15) is 0 Å². The normalized spacial score (nSPS) is 27.2. The maximum Gasteiger partial charge on any atom is 0.0682 e. The highest BCUT2D eigenvalue weighted by molar-refractivity contribution is 4.92. The third-order valence-electron chi connectivity index (χ3n) is 4.37. The van der Waals surface area contributed by atoms with Crippen molar-refractivity contribution < 1.29 is 5.11 Å². The quantitative estimate of drug-likeness (QED) is 0.725. The zero-order chi connectivity index (χ0) is 14.6. The molecule has 1 saturated heterocycles. The molecule has 1 rings (SSSR count). The van der Waals surface area contributed by atoms with Gasteiger partial charge in [0, 0.05) is 31.7 Å². The highest BCUT2D eigenvalue weighted by Gasteiger charge is 2.36. The predicted octanol–water partition coefficient (Wildman–Crippen LogP) is 1.01. The fourth-order valence-electron chi connectivity index (χ4n) is 3.01. The molecule has 3 atom stereocenters. The van der Waals surface area contributed by atoms with E-state index in [-0.39, 0.29) is 11.5 Å². The van der Waals surface area contributed by atoms with E-state index in [0.717, 1.165) is 32.6 Å². The number of aliphatic hydroxyl groups is 1. The molecule has 0 aromatic rings. The van der Waals surface area contributed by atoms with Crippen LogP contribution in [0.5, 0.6) is 0 Å². The molecule has 0 aromatic carbocycles. The van der Waals surface area contributed by atoms with Gasteiger partial charge >= 0.3 is 0 Å². The lowest BCUT2D eigenvalue weighted by molar-refractivity contribution is 0.111. The minimum Gasteiger partial charge on any atom is -0.392 e. The second-order valence-corrected chi connectivity index (χ2v) is 7.00. The van der Waals surface area contributed by atoms with Gasteiger partial charge in [-0.3, -0.25) is 4.90 Å². The Hall–Kier alpha value is -0.160. The van der Waals surface area contributed by atoms with E-state index in [4.69, 9.17) is 0 Å². The first kappa shape index (κ1) is 16.9. The lowest BCUT2D eigenvalue weighted by atomic mass is 9.84. The van der Waals surface area contributed by atoms with Crippen molar-refractivity contribution in [2.45, 2.75) is 52.3 Å². The molecule has 2 N–H and O–H groups in total. The maximum absolute atomic E-state index is 9.95. The Labute approximate surface area is 119 Å². The molecule has 0 aliphatic carbocycles. The average Bonchev–Trinajstić information content (AvgIpc) is 2.57. The van der Waals surface area contributed by atoms with Crippen LogP contribution in [0.3, 0.4) is 0 Å². The van der Waals surface area contributed by atoms with E-state index in [1.165, 1.54) is 0 Å².